The normalized spacial score (nSPS) is 12.4. The molecule has 1 atom stereocenters. The van der Waals surface area contributed by atoms with Crippen LogP contribution < -0.4 is 0 Å². The van der Waals surface area contributed by atoms with Gasteiger partial charge in [-0.3, -0.25) is 10.1 Å². The van der Waals surface area contributed by atoms with Crippen LogP contribution in [0.5, 0.6) is 0 Å². The fourth-order valence-corrected chi connectivity index (χ4v) is 1.56. The summed E-state index contributed by atoms with van der Waals surface area (Å²) in [6, 6.07) is 6.67. The molecule has 0 amide bonds. The number of nitro groups is 1. The largest absolute Gasteiger partial charge is 0.373 e. The first-order valence-corrected chi connectivity index (χ1v) is 6.10. The smallest absolute Gasteiger partial charge is 0.275 e. The maximum Gasteiger partial charge on any atom is 0.275 e. The Labute approximate surface area is 102 Å². The molecule has 0 heterocycles. The summed E-state index contributed by atoms with van der Waals surface area (Å²) in [5.74, 6) is 0. The van der Waals surface area contributed by atoms with Crippen molar-refractivity contribution in [3.05, 3.63) is 39.9 Å². The maximum atomic E-state index is 10.7. The summed E-state index contributed by atoms with van der Waals surface area (Å²) in [4.78, 5) is 10.4. The van der Waals surface area contributed by atoms with E-state index < -0.39 is 0 Å². The monoisotopic (exact) mass is 321 g/mol. The minimum Gasteiger partial charge on any atom is -0.373 e. The van der Waals surface area contributed by atoms with E-state index in [-0.39, 0.29) is 16.7 Å². The number of rotatable bonds is 5. The number of ether oxygens (including phenoxy) is 1. The van der Waals surface area contributed by atoms with Crippen molar-refractivity contribution in [2.45, 2.75) is 13.0 Å². The summed E-state index contributed by atoms with van der Waals surface area (Å²) in [6.45, 7) is 2.43. The zero-order valence-electron chi connectivity index (χ0n) is 8.35. The topological polar surface area (TPSA) is 52.4 Å². The number of hydrogen-bond acceptors (Lipinski definition) is 3. The summed E-state index contributed by atoms with van der Waals surface area (Å²) >= 11 is 2.20. The third-order valence-electron chi connectivity index (χ3n) is 2.02. The van der Waals surface area contributed by atoms with Crippen LogP contribution in [0.4, 0.5) is 5.69 Å². The fraction of sp³-hybridized carbons (Fsp3) is 0.400. The zero-order valence-corrected chi connectivity index (χ0v) is 10.5. The Morgan fingerprint density at radius 1 is 1.53 bits per heavy atom. The molecule has 1 unspecified atom stereocenters. The molecule has 0 aromatic heterocycles. The number of hydrogen-bond donors (Lipinski definition) is 0. The van der Waals surface area contributed by atoms with Gasteiger partial charge in [-0.1, -0.05) is 34.7 Å². The SMILES string of the molecule is CC(OCCI)c1ccccc1[N+](=O)[O-]. The minimum atomic E-state index is -0.376. The molecule has 0 aliphatic heterocycles. The molecule has 1 aromatic carbocycles. The van der Waals surface area contributed by atoms with Crippen LogP contribution >= 0.6 is 22.6 Å². The van der Waals surface area contributed by atoms with Crippen LogP contribution in [-0.2, 0) is 4.74 Å². The Bertz CT molecular complexity index is 343. The van der Waals surface area contributed by atoms with Crippen LogP contribution in [0.3, 0.4) is 0 Å². The molecule has 0 fully saturated rings. The Kier molecular flexibility index (Phi) is 4.97. The van der Waals surface area contributed by atoms with Gasteiger partial charge in [0.05, 0.1) is 23.2 Å². The minimum absolute atomic E-state index is 0.124. The van der Waals surface area contributed by atoms with E-state index in [4.69, 9.17) is 4.74 Å². The number of halogens is 1. The van der Waals surface area contributed by atoms with Gasteiger partial charge < -0.3 is 4.74 Å². The average Bonchev–Trinajstić information content (AvgIpc) is 2.25. The standard InChI is InChI=1S/C10H12INO3/c1-8(15-7-6-11)9-4-2-3-5-10(9)12(13)14/h2-5,8H,6-7H2,1H3. The molecule has 15 heavy (non-hydrogen) atoms. The average molecular weight is 321 g/mol. The molecule has 0 spiro atoms. The van der Waals surface area contributed by atoms with Gasteiger partial charge in [0.2, 0.25) is 0 Å². The lowest BCUT2D eigenvalue weighted by Crippen LogP contribution is -2.05. The predicted octanol–water partition coefficient (Wildman–Crippen LogP) is 3.11. The van der Waals surface area contributed by atoms with Gasteiger partial charge in [-0.05, 0) is 13.0 Å². The van der Waals surface area contributed by atoms with Gasteiger partial charge in [-0.25, -0.2) is 0 Å². The van der Waals surface area contributed by atoms with E-state index in [2.05, 4.69) is 22.6 Å². The summed E-state index contributed by atoms with van der Waals surface area (Å²) in [7, 11) is 0. The van der Waals surface area contributed by atoms with Crippen molar-refractivity contribution in [2.75, 3.05) is 11.0 Å². The molecule has 0 N–H and O–H groups in total. The second-order valence-electron chi connectivity index (χ2n) is 3.02. The van der Waals surface area contributed by atoms with Gasteiger partial charge in [-0.2, -0.15) is 0 Å². The molecule has 82 valence electrons. The second-order valence-corrected chi connectivity index (χ2v) is 4.10. The highest BCUT2D eigenvalue weighted by Crippen LogP contribution is 2.26. The van der Waals surface area contributed by atoms with Crippen molar-refractivity contribution >= 4 is 28.3 Å². The Morgan fingerprint density at radius 3 is 2.80 bits per heavy atom. The number of alkyl halides is 1. The van der Waals surface area contributed by atoms with Crippen molar-refractivity contribution in [1.29, 1.82) is 0 Å². The van der Waals surface area contributed by atoms with E-state index in [1.54, 1.807) is 18.2 Å². The first-order chi connectivity index (χ1) is 7.16. The lowest BCUT2D eigenvalue weighted by molar-refractivity contribution is -0.386. The maximum absolute atomic E-state index is 10.7. The predicted molar refractivity (Wildman–Crippen MR) is 66.4 cm³/mol. The summed E-state index contributed by atoms with van der Waals surface area (Å²) in [5.41, 5.74) is 0.755. The van der Waals surface area contributed by atoms with Crippen LogP contribution in [0, 0.1) is 10.1 Å². The summed E-state index contributed by atoms with van der Waals surface area (Å²) in [6.07, 6.45) is -0.235. The molecular formula is C10H12INO3. The number of benzene rings is 1. The van der Waals surface area contributed by atoms with E-state index in [0.717, 1.165) is 4.43 Å². The first kappa shape index (κ1) is 12.4. The lowest BCUT2D eigenvalue weighted by atomic mass is 10.1. The van der Waals surface area contributed by atoms with Gasteiger partial charge >= 0.3 is 0 Å². The molecular weight excluding hydrogens is 309 g/mol. The fourth-order valence-electron chi connectivity index (χ4n) is 1.31. The lowest BCUT2D eigenvalue weighted by Gasteiger charge is -2.12. The molecule has 0 saturated heterocycles. The van der Waals surface area contributed by atoms with Gasteiger partial charge in [0.15, 0.2) is 0 Å². The Balaban J connectivity index is 2.87. The highest BCUT2D eigenvalue weighted by Gasteiger charge is 2.17. The van der Waals surface area contributed by atoms with Gasteiger partial charge in [-0.15, -0.1) is 0 Å². The number of nitrogens with zero attached hydrogens (tertiary/aromatic N) is 1. The van der Waals surface area contributed by atoms with E-state index >= 15 is 0 Å². The second kappa shape index (κ2) is 6.02. The van der Waals surface area contributed by atoms with E-state index in [1.807, 2.05) is 6.92 Å². The van der Waals surface area contributed by atoms with Crippen LogP contribution in [0.1, 0.15) is 18.6 Å². The zero-order chi connectivity index (χ0) is 11.3. The molecule has 1 rings (SSSR count). The molecule has 0 radical (unpaired) electrons. The number of para-hydroxylation sites is 1. The van der Waals surface area contributed by atoms with Crippen molar-refractivity contribution in [3.8, 4) is 0 Å². The van der Waals surface area contributed by atoms with E-state index in [0.29, 0.717) is 12.2 Å². The Hall–Kier alpha value is -0.690. The Morgan fingerprint density at radius 2 is 2.20 bits per heavy atom. The summed E-state index contributed by atoms with van der Waals surface area (Å²) < 4.78 is 6.33. The van der Waals surface area contributed by atoms with E-state index in [9.17, 15) is 10.1 Å². The van der Waals surface area contributed by atoms with Crippen LogP contribution in [-0.4, -0.2) is 16.0 Å². The molecule has 0 bridgehead atoms. The van der Waals surface area contributed by atoms with Crippen molar-refractivity contribution in [2.24, 2.45) is 0 Å². The van der Waals surface area contributed by atoms with Crippen molar-refractivity contribution in [1.82, 2.24) is 0 Å². The number of nitro benzene ring substituents is 1. The molecule has 0 aliphatic carbocycles. The van der Waals surface area contributed by atoms with E-state index in [1.165, 1.54) is 6.07 Å². The highest BCUT2D eigenvalue weighted by molar-refractivity contribution is 14.1. The van der Waals surface area contributed by atoms with Gasteiger partial charge in [0.25, 0.3) is 5.69 Å². The first-order valence-electron chi connectivity index (χ1n) is 4.57. The third kappa shape index (κ3) is 3.42. The van der Waals surface area contributed by atoms with Crippen LogP contribution in [0.2, 0.25) is 0 Å². The third-order valence-corrected chi connectivity index (χ3v) is 2.46. The molecule has 0 saturated carbocycles. The van der Waals surface area contributed by atoms with Crippen molar-refractivity contribution in [3.63, 3.8) is 0 Å². The highest BCUT2D eigenvalue weighted by atomic mass is 127. The van der Waals surface area contributed by atoms with Crippen LogP contribution in [0.15, 0.2) is 24.3 Å². The van der Waals surface area contributed by atoms with Gasteiger partial charge in [0, 0.05) is 10.5 Å². The van der Waals surface area contributed by atoms with Crippen LogP contribution in [0.25, 0.3) is 0 Å². The van der Waals surface area contributed by atoms with Gasteiger partial charge in [0.1, 0.15) is 0 Å². The molecule has 5 heteroatoms. The summed E-state index contributed by atoms with van der Waals surface area (Å²) in [5, 5.41) is 10.7. The quantitative estimate of drug-likeness (QED) is 0.362. The molecule has 4 nitrogen and oxygen atoms in total. The molecule has 1 aromatic rings. The molecule has 0 aliphatic rings. The van der Waals surface area contributed by atoms with Crippen molar-refractivity contribution < 1.29 is 9.66 Å².